The van der Waals surface area contributed by atoms with E-state index in [2.05, 4.69) is 0 Å². The van der Waals surface area contributed by atoms with Crippen LogP contribution in [-0.4, -0.2) is 43.1 Å². The van der Waals surface area contributed by atoms with Gasteiger partial charge in [0.15, 0.2) is 6.67 Å². The maximum absolute atomic E-state index is 12.7. The maximum Gasteiger partial charge on any atom is 0.343 e. The number of hydrogen-bond acceptors (Lipinski definition) is 5. The van der Waals surface area contributed by atoms with Crippen molar-refractivity contribution in [2.75, 3.05) is 25.2 Å². The first-order valence-electron chi connectivity index (χ1n) is 8.36. The van der Waals surface area contributed by atoms with Gasteiger partial charge >= 0.3 is 17.8 Å². The van der Waals surface area contributed by atoms with Crippen LogP contribution >= 0.6 is 22.9 Å². The monoisotopic (exact) mass is 408 g/mol. The predicted molar refractivity (Wildman–Crippen MR) is 102 cm³/mol. The molecule has 1 atom stereocenters. The fourth-order valence-corrected chi connectivity index (χ4v) is 3.97. The molecule has 0 spiro atoms. The number of carbonyl (C=O) groups excluding carboxylic acids is 3. The zero-order valence-corrected chi connectivity index (χ0v) is 16.5. The van der Waals surface area contributed by atoms with Crippen molar-refractivity contribution in [2.24, 2.45) is 0 Å². The summed E-state index contributed by atoms with van der Waals surface area (Å²) in [5.41, 5.74) is 0.338. The van der Waals surface area contributed by atoms with E-state index >= 15 is 0 Å². The number of rotatable bonds is 7. The van der Waals surface area contributed by atoms with Gasteiger partial charge in [0.2, 0.25) is 0 Å². The number of imide groups is 2. The molecule has 9 heteroatoms. The average molecular weight is 409 g/mol. The summed E-state index contributed by atoms with van der Waals surface area (Å²) >= 11 is 7.42. The summed E-state index contributed by atoms with van der Waals surface area (Å²) in [5.74, 6) is -1.07. The highest BCUT2D eigenvalue weighted by atomic mass is 35.5. The van der Waals surface area contributed by atoms with E-state index in [-0.39, 0.29) is 6.67 Å². The Morgan fingerprint density at radius 2 is 1.78 bits per heavy atom. The van der Waals surface area contributed by atoms with Gasteiger partial charge in [-0.15, -0.1) is 11.3 Å². The Morgan fingerprint density at radius 1 is 1.07 bits per heavy atom. The van der Waals surface area contributed by atoms with Crippen molar-refractivity contribution < 1.29 is 24.0 Å². The highest BCUT2D eigenvalue weighted by Gasteiger charge is 2.46. The number of hydrogen-bond donors (Lipinski definition) is 1. The molecule has 1 aliphatic rings. The fraction of sp³-hybridized carbons (Fsp3) is 0.278. The standard InChI is InChI=1S/C18H18ClN3O4S/c1-3-20(10-14-8-9-15(19)27-14)11-21-16(23)17(24)22(18(21)25)12-4-6-13(26-2)7-5-12/h4-9H,3,10-11H2,1-2H3/p+1. The Hall–Kier alpha value is -2.42. The van der Waals surface area contributed by atoms with Gasteiger partial charge in [0.05, 0.1) is 28.6 Å². The molecule has 0 aliphatic carbocycles. The quantitative estimate of drug-likeness (QED) is 0.560. The van der Waals surface area contributed by atoms with Crippen LogP contribution in [0.25, 0.3) is 0 Å². The summed E-state index contributed by atoms with van der Waals surface area (Å²) in [4.78, 5) is 41.4. The second-order valence-corrected chi connectivity index (χ2v) is 7.80. The Kier molecular flexibility index (Phi) is 5.79. The fourth-order valence-electron chi connectivity index (χ4n) is 2.81. The van der Waals surface area contributed by atoms with Gasteiger partial charge in [0.25, 0.3) is 0 Å². The molecular formula is C18H19ClN3O4S+. The van der Waals surface area contributed by atoms with E-state index in [0.29, 0.717) is 28.9 Å². The van der Waals surface area contributed by atoms with Crippen LogP contribution in [0.1, 0.15) is 11.8 Å². The Bertz CT molecular complexity index is 868. The first-order chi connectivity index (χ1) is 12.9. The van der Waals surface area contributed by atoms with Crippen LogP contribution in [0.3, 0.4) is 0 Å². The Balaban J connectivity index is 1.76. The maximum atomic E-state index is 12.7. The van der Waals surface area contributed by atoms with Crippen molar-refractivity contribution in [2.45, 2.75) is 13.5 Å². The summed E-state index contributed by atoms with van der Waals surface area (Å²) in [5, 5.41) is 0. The number of anilines is 1. The third kappa shape index (κ3) is 3.97. The van der Waals surface area contributed by atoms with Crippen molar-refractivity contribution in [1.82, 2.24) is 4.90 Å². The molecule has 1 unspecified atom stereocenters. The molecule has 0 radical (unpaired) electrons. The van der Waals surface area contributed by atoms with Crippen molar-refractivity contribution in [1.29, 1.82) is 0 Å². The van der Waals surface area contributed by atoms with E-state index in [1.165, 1.54) is 18.4 Å². The van der Waals surface area contributed by atoms with Gasteiger partial charge < -0.3 is 9.64 Å². The van der Waals surface area contributed by atoms with Gasteiger partial charge in [-0.2, -0.15) is 0 Å². The molecular weight excluding hydrogens is 390 g/mol. The molecule has 0 saturated carbocycles. The van der Waals surface area contributed by atoms with Crippen molar-refractivity contribution in [3.63, 3.8) is 0 Å². The van der Waals surface area contributed by atoms with Gasteiger partial charge in [0.1, 0.15) is 12.3 Å². The molecule has 27 heavy (non-hydrogen) atoms. The van der Waals surface area contributed by atoms with Crippen LogP contribution in [0.5, 0.6) is 5.75 Å². The number of benzene rings is 1. The molecule has 0 bridgehead atoms. The van der Waals surface area contributed by atoms with E-state index in [4.69, 9.17) is 16.3 Å². The first-order valence-corrected chi connectivity index (χ1v) is 9.55. The minimum absolute atomic E-state index is 0.113. The molecule has 1 fully saturated rings. The lowest BCUT2D eigenvalue weighted by molar-refractivity contribution is -0.918. The molecule has 2 aromatic rings. The zero-order chi connectivity index (χ0) is 19.6. The van der Waals surface area contributed by atoms with E-state index in [9.17, 15) is 14.4 Å². The number of methoxy groups -OCH3 is 1. The molecule has 1 aromatic carbocycles. The van der Waals surface area contributed by atoms with Crippen molar-refractivity contribution in [3.8, 4) is 5.75 Å². The first kappa shape index (κ1) is 19.3. The number of quaternary nitrogens is 1. The van der Waals surface area contributed by atoms with Crippen molar-refractivity contribution >= 4 is 46.5 Å². The number of nitrogens with zero attached hydrogens (tertiary/aromatic N) is 2. The molecule has 1 aromatic heterocycles. The summed E-state index contributed by atoms with van der Waals surface area (Å²) < 4.78 is 5.77. The minimum Gasteiger partial charge on any atom is -0.497 e. The normalized spacial score (nSPS) is 15.6. The average Bonchev–Trinajstić information content (AvgIpc) is 3.17. The summed E-state index contributed by atoms with van der Waals surface area (Å²) in [6.07, 6.45) is 0. The Labute approximate surface area is 165 Å². The minimum atomic E-state index is -0.847. The van der Waals surface area contributed by atoms with Gasteiger partial charge in [-0.3, -0.25) is 9.59 Å². The third-order valence-corrected chi connectivity index (χ3v) is 5.55. The van der Waals surface area contributed by atoms with Gasteiger partial charge in [-0.05, 0) is 43.3 Å². The van der Waals surface area contributed by atoms with Crippen LogP contribution in [-0.2, 0) is 16.1 Å². The van der Waals surface area contributed by atoms with E-state index < -0.39 is 17.8 Å². The zero-order valence-electron chi connectivity index (χ0n) is 14.9. The molecule has 1 N–H and O–H groups in total. The lowest BCUT2D eigenvalue weighted by Crippen LogP contribution is -3.12. The second kappa shape index (κ2) is 8.08. The number of nitrogens with one attached hydrogen (secondary N) is 1. The van der Waals surface area contributed by atoms with Gasteiger partial charge in [-0.25, -0.2) is 14.6 Å². The highest BCUT2D eigenvalue weighted by Crippen LogP contribution is 2.24. The predicted octanol–water partition coefficient (Wildman–Crippen LogP) is 1.77. The smallest absolute Gasteiger partial charge is 0.343 e. The SMILES string of the molecule is CC[NH+](Cc1ccc(Cl)s1)CN1C(=O)C(=O)N(c2ccc(OC)cc2)C1=O. The molecule has 1 aliphatic heterocycles. The molecule has 7 nitrogen and oxygen atoms in total. The van der Waals surface area contributed by atoms with Crippen LogP contribution in [0, 0.1) is 0 Å². The largest absolute Gasteiger partial charge is 0.497 e. The number of halogens is 1. The summed E-state index contributed by atoms with van der Waals surface area (Å²) in [6, 6.07) is 9.51. The van der Waals surface area contributed by atoms with E-state index in [1.807, 2.05) is 19.1 Å². The molecule has 3 rings (SSSR count). The second-order valence-electron chi connectivity index (χ2n) is 6.00. The summed E-state index contributed by atoms with van der Waals surface area (Å²) in [7, 11) is 1.52. The topological polar surface area (TPSA) is 71.4 Å². The van der Waals surface area contributed by atoms with Crippen LogP contribution in [0.15, 0.2) is 36.4 Å². The van der Waals surface area contributed by atoms with Crippen LogP contribution in [0.4, 0.5) is 10.5 Å². The number of carbonyl (C=O) groups is 3. The molecule has 142 valence electrons. The molecule has 1 saturated heterocycles. The van der Waals surface area contributed by atoms with Crippen LogP contribution in [0.2, 0.25) is 4.34 Å². The number of ether oxygens (including phenoxy) is 1. The lowest BCUT2D eigenvalue weighted by Gasteiger charge is -2.22. The van der Waals surface area contributed by atoms with Gasteiger partial charge in [-0.1, -0.05) is 11.6 Å². The number of thiophene rings is 1. The van der Waals surface area contributed by atoms with Crippen LogP contribution < -0.4 is 14.5 Å². The molecule has 4 amide bonds. The lowest BCUT2D eigenvalue weighted by atomic mass is 10.3. The highest BCUT2D eigenvalue weighted by molar-refractivity contribution is 7.16. The van der Waals surface area contributed by atoms with E-state index in [1.54, 1.807) is 24.3 Å². The van der Waals surface area contributed by atoms with Crippen molar-refractivity contribution in [3.05, 3.63) is 45.6 Å². The van der Waals surface area contributed by atoms with Gasteiger partial charge in [0, 0.05) is 0 Å². The third-order valence-electron chi connectivity index (χ3n) is 4.32. The Morgan fingerprint density at radius 3 is 2.33 bits per heavy atom. The number of amides is 4. The summed E-state index contributed by atoms with van der Waals surface area (Å²) in [6.45, 7) is 3.37. The van der Waals surface area contributed by atoms with E-state index in [0.717, 1.165) is 19.6 Å². The number of urea groups is 1. The molecule has 2 heterocycles.